The third-order valence-electron chi connectivity index (χ3n) is 5.02. The molecule has 6 heteroatoms. The number of carbonyl (C=O) groups excluding carboxylic acids is 1. The number of carbonyl (C=O) groups is 1. The van der Waals surface area contributed by atoms with E-state index in [-0.39, 0.29) is 17.6 Å². The summed E-state index contributed by atoms with van der Waals surface area (Å²) in [6.07, 6.45) is 2.21. The number of aryl methyl sites for hydroxylation is 2. The third kappa shape index (κ3) is 2.84. The predicted molar refractivity (Wildman–Crippen MR) is 94.0 cm³/mol. The van der Waals surface area contributed by atoms with Crippen molar-refractivity contribution in [2.75, 3.05) is 0 Å². The molecule has 0 saturated carbocycles. The number of aromatic hydroxyl groups is 1. The lowest BCUT2D eigenvalue weighted by atomic mass is 9.89. The van der Waals surface area contributed by atoms with E-state index in [1.54, 1.807) is 10.7 Å². The molecule has 1 amide bonds. The minimum absolute atomic E-state index is 0.0131. The highest BCUT2D eigenvalue weighted by molar-refractivity contribution is 5.88. The monoisotopic (exact) mass is 336 g/mol. The summed E-state index contributed by atoms with van der Waals surface area (Å²) in [4.78, 5) is 12.6. The van der Waals surface area contributed by atoms with Crippen LogP contribution in [0, 0.1) is 5.92 Å². The first-order valence-corrected chi connectivity index (χ1v) is 8.48. The Bertz CT molecular complexity index is 948. The van der Waals surface area contributed by atoms with Gasteiger partial charge in [-0.05, 0) is 29.7 Å². The molecule has 1 heterocycles. The highest BCUT2D eigenvalue weighted by atomic mass is 16.3. The minimum Gasteiger partial charge on any atom is -0.508 e. The maximum atomic E-state index is 12.6. The number of phenols is 1. The molecule has 4 rings (SSSR count). The molecule has 0 aliphatic heterocycles. The molecule has 1 aliphatic carbocycles. The topological polar surface area (TPSA) is 80.0 Å². The van der Waals surface area contributed by atoms with Gasteiger partial charge in [-0.25, -0.2) is 0 Å². The fourth-order valence-corrected chi connectivity index (χ4v) is 3.56. The molecule has 1 unspecified atom stereocenters. The molecule has 1 aliphatic rings. The molecule has 0 radical (unpaired) electrons. The smallest absolute Gasteiger partial charge is 0.223 e. The highest BCUT2D eigenvalue weighted by Crippen LogP contribution is 2.28. The number of aromatic nitrogens is 3. The summed E-state index contributed by atoms with van der Waals surface area (Å²) >= 11 is 0. The fourth-order valence-electron chi connectivity index (χ4n) is 3.56. The van der Waals surface area contributed by atoms with Crippen LogP contribution in [0.5, 0.6) is 5.75 Å². The molecule has 0 bridgehead atoms. The molecule has 1 atom stereocenters. The van der Waals surface area contributed by atoms with E-state index in [2.05, 4.69) is 15.6 Å². The van der Waals surface area contributed by atoms with Crippen LogP contribution in [0.25, 0.3) is 10.8 Å². The molecule has 1 aromatic heterocycles. The highest BCUT2D eigenvalue weighted by Gasteiger charge is 2.28. The Hall–Kier alpha value is -2.89. The van der Waals surface area contributed by atoms with Gasteiger partial charge in [-0.1, -0.05) is 35.5 Å². The number of rotatable bonds is 3. The maximum Gasteiger partial charge on any atom is 0.223 e. The second-order valence-corrected chi connectivity index (χ2v) is 6.55. The van der Waals surface area contributed by atoms with Gasteiger partial charge in [0.15, 0.2) is 0 Å². The minimum atomic E-state index is -0.0816. The van der Waals surface area contributed by atoms with Crippen LogP contribution in [0.15, 0.2) is 36.4 Å². The van der Waals surface area contributed by atoms with Gasteiger partial charge >= 0.3 is 0 Å². The average molecular weight is 336 g/mol. The zero-order chi connectivity index (χ0) is 17.4. The number of benzene rings is 2. The molecule has 0 spiro atoms. The lowest BCUT2D eigenvalue weighted by molar-refractivity contribution is -0.125. The van der Waals surface area contributed by atoms with Crippen LogP contribution < -0.4 is 5.32 Å². The molecule has 128 valence electrons. The SMILES string of the molecule is Cn1nnc2c1CC(C(=O)NCc1c(O)ccc3ccccc13)CC2. The first-order chi connectivity index (χ1) is 12.1. The van der Waals surface area contributed by atoms with Crippen LogP contribution in [0.4, 0.5) is 0 Å². The number of hydrogen-bond acceptors (Lipinski definition) is 4. The van der Waals surface area contributed by atoms with E-state index in [9.17, 15) is 9.90 Å². The van der Waals surface area contributed by atoms with Crippen molar-refractivity contribution in [2.24, 2.45) is 13.0 Å². The van der Waals surface area contributed by atoms with Gasteiger partial charge in [0.1, 0.15) is 5.75 Å². The molecular formula is C19H20N4O2. The van der Waals surface area contributed by atoms with Crippen molar-refractivity contribution in [1.29, 1.82) is 0 Å². The molecule has 25 heavy (non-hydrogen) atoms. The standard InChI is InChI=1S/C19H20N4O2/c1-23-17-10-13(6-8-16(17)21-22-23)19(25)20-11-15-14-5-3-2-4-12(14)7-9-18(15)24/h2-5,7,9,13,24H,6,8,10-11H2,1H3,(H,20,25). The zero-order valence-corrected chi connectivity index (χ0v) is 14.1. The summed E-state index contributed by atoms with van der Waals surface area (Å²) in [5.74, 6) is 0.141. The second-order valence-electron chi connectivity index (χ2n) is 6.55. The van der Waals surface area contributed by atoms with E-state index < -0.39 is 0 Å². The number of nitrogens with zero attached hydrogens (tertiary/aromatic N) is 3. The van der Waals surface area contributed by atoms with Crippen LogP contribution >= 0.6 is 0 Å². The van der Waals surface area contributed by atoms with Gasteiger partial charge < -0.3 is 10.4 Å². The summed E-state index contributed by atoms with van der Waals surface area (Å²) in [6, 6.07) is 11.4. The van der Waals surface area contributed by atoms with Gasteiger partial charge in [-0.15, -0.1) is 5.10 Å². The second kappa shape index (κ2) is 6.20. The van der Waals surface area contributed by atoms with Crippen molar-refractivity contribution in [3.63, 3.8) is 0 Å². The van der Waals surface area contributed by atoms with Crippen LogP contribution in [0.1, 0.15) is 23.4 Å². The first-order valence-electron chi connectivity index (χ1n) is 8.48. The summed E-state index contributed by atoms with van der Waals surface area (Å²) in [5.41, 5.74) is 2.79. The molecule has 2 aromatic carbocycles. The fraction of sp³-hybridized carbons (Fsp3) is 0.316. The Labute approximate surface area is 145 Å². The Kier molecular flexibility index (Phi) is 3.87. The largest absolute Gasteiger partial charge is 0.508 e. The summed E-state index contributed by atoms with van der Waals surface area (Å²) < 4.78 is 1.76. The van der Waals surface area contributed by atoms with E-state index in [1.807, 2.05) is 37.4 Å². The quantitative estimate of drug-likeness (QED) is 0.767. The van der Waals surface area contributed by atoms with Crippen LogP contribution in [-0.2, 0) is 31.2 Å². The van der Waals surface area contributed by atoms with E-state index in [1.165, 1.54) is 0 Å². The summed E-state index contributed by atoms with van der Waals surface area (Å²) in [7, 11) is 1.86. The number of nitrogens with one attached hydrogen (secondary N) is 1. The van der Waals surface area contributed by atoms with Gasteiger partial charge in [-0.2, -0.15) is 0 Å². The molecule has 6 nitrogen and oxygen atoms in total. The van der Waals surface area contributed by atoms with Crippen molar-refractivity contribution in [1.82, 2.24) is 20.3 Å². The van der Waals surface area contributed by atoms with Gasteiger partial charge in [-0.3, -0.25) is 9.48 Å². The van der Waals surface area contributed by atoms with Gasteiger partial charge in [0.2, 0.25) is 5.91 Å². The summed E-state index contributed by atoms with van der Waals surface area (Å²) in [6.45, 7) is 0.318. The van der Waals surface area contributed by atoms with Gasteiger partial charge in [0, 0.05) is 31.5 Å². The molecule has 0 saturated heterocycles. The number of fused-ring (bicyclic) bond motifs is 2. The van der Waals surface area contributed by atoms with Crippen molar-refractivity contribution in [3.05, 3.63) is 53.3 Å². The zero-order valence-electron chi connectivity index (χ0n) is 14.1. The lowest BCUT2D eigenvalue weighted by Crippen LogP contribution is -2.34. The van der Waals surface area contributed by atoms with Crippen molar-refractivity contribution >= 4 is 16.7 Å². The molecule has 0 fully saturated rings. The van der Waals surface area contributed by atoms with Crippen molar-refractivity contribution in [2.45, 2.75) is 25.8 Å². The Morgan fingerprint density at radius 2 is 2.16 bits per heavy atom. The third-order valence-corrected chi connectivity index (χ3v) is 5.02. The van der Waals surface area contributed by atoms with Gasteiger partial charge in [0.25, 0.3) is 0 Å². The molecule has 3 aromatic rings. The van der Waals surface area contributed by atoms with Crippen molar-refractivity contribution in [3.8, 4) is 5.75 Å². The average Bonchev–Trinajstić information content (AvgIpc) is 3.01. The van der Waals surface area contributed by atoms with E-state index in [0.29, 0.717) is 13.0 Å². The molecule has 2 N–H and O–H groups in total. The number of amides is 1. The van der Waals surface area contributed by atoms with Crippen LogP contribution in [0.2, 0.25) is 0 Å². The number of hydrogen-bond donors (Lipinski definition) is 2. The Balaban J connectivity index is 1.50. The Morgan fingerprint density at radius 3 is 3.04 bits per heavy atom. The normalized spacial score (nSPS) is 16.6. The van der Waals surface area contributed by atoms with Gasteiger partial charge in [0.05, 0.1) is 11.4 Å². The van der Waals surface area contributed by atoms with E-state index in [0.717, 1.165) is 40.6 Å². The first kappa shape index (κ1) is 15.6. The van der Waals surface area contributed by atoms with Crippen LogP contribution in [0.3, 0.4) is 0 Å². The van der Waals surface area contributed by atoms with Crippen molar-refractivity contribution < 1.29 is 9.90 Å². The van der Waals surface area contributed by atoms with E-state index >= 15 is 0 Å². The summed E-state index contributed by atoms with van der Waals surface area (Å²) in [5, 5.41) is 23.4. The van der Waals surface area contributed by atoms with Crippen LogP contribution in [-0.4, -0.2) is 26.0 Å². The number of phenolic OH excluding ortho intramolecular Hbond substituents is 1. The maximum absolute atomic E-state index is 12.6. The predicted octanol–water partition coefficient (Wildman–Crippen LogP) is 2.10. The Morgan fingerprint density at radius 1 is 1.32 bits per heavy atom. The lowest BCUT2D eigenvalue weighted by Gasteiger charge is -2.21. The van der Waals surface area contributed by atoms with E-state index in [4.69, 9.17) is 0 Å². The molecular weight excluding hydrogens is 316 g/mol.